The monoisotopic (exact) mass is 1160 g/mol. The molecule has 7 saturated heterocycles. The number of hydrogen-bond donors (Lipinski definition) is 1. The average Bonchev–Trinajstić information content (AvgIpc) is 2.23. The van der Waals surface area contributed by atoms with Crippen molar-refractivity contribution in [2.75, 3.05) is 70.5 Å². The molecule has 85 heavy (non-hydrogen) atoms. The van der Waals surface area contributed by atoms with Gasteiger partial charge in [-0.1, -0.05) is 42.3 Å². The third-order valence-corrected chi connectivity index (χ3v) is 19.6. The van der Waals surface area contributed by atoms with Gasteiger partial charge in [0, 0.05) is 68.6 Å². The number of ether oxygens (including phenoxy) is 3. The van der Waals surface area contributed by atoms with E-state index in [1.165, 1.54) is 16.2 Å². The molecule has 18 nitrogen and oxygen atoms in total. The minimum Gasteiger partial charge on any atom is -0.461 e. The number of aromatic nitrogens is 4. The Hall–Kier alpha value is -7.63. The van der Waals surface area contributed by atoms with E-state index < -0.39 is 29.2 Å². The zero-order chi connectivity index (χ0) is 59.1. The van der Waals surface area contributed by atoms with E-state index in [-0.39, 0.29) is 89.7 Å². The molecular formula is C65H74F2N10O8. The fraction of sp³-hybridized carbons (Fsp3) is 0.523. The van der Waals surface area contributed by atoms with Gasteiger partial charge in [-0.05, 0) is 164 Å². The number of benzene rings is 4. The third kappa shape index (κ3) is 10.5. The SMILES string of the molecule is C#Cc1c(F)ccc2cccc(-c3ccc4c(N5C[C@H]6CC[C@@H](C5)N6C(=O)OC(C)(C)C)nc(OC[C@@]56CCCN5[C@H](COC(=O)N5CCC(CN7CCC(c8ccc9c(c8)n(C)c(=O)n9C8CCC(=O)NC8=O)CC7)CC5)CC6)nc4c3F)c12. The summed E-state index contributed by atoms with van der Waals surface area (Å²) in [6, 6.07) is 17.0. The number of piperazine rings is 1. The molecular weight excluding hydrogens is 1090 g/mol. The second-order valence-corrected chi connectivity index (χ2v) is 25.8. The summed E-state index contributed by atoms with van der Waals surface area (Å²) in [5.74, 6) is 1.89. The molecule has 13 rings (SSSR count). The average molecular weight is 1160 g/mol. The van der Waals surface area contributed by atoms with E-state index in [4.69, 9.17) is 30.6 Å². The van der Waals surface area contributed by atoms with E-state index in [1.807, 2.05) is 48.8 Å². The summed E-state index contributed by atoms with van der Waals surface area (Å²) in [7, 11) is 1.73. The molecule has 6 aromatic rings. The van der Waals surface area contributed by atoms with Gasteiger partial charge in [-0.15, -0.1) is 6.42 Å². The number of nitrogens with one attached hydrogen (secondary N) is 1. The molecule has 4 aromatic carbocycles. The van der Waals surface area contributed by atoms with E-state index in [2.05, 4.69) is 38.1 Å². The molecule has 9 heterocycles. The lowest BCUT2D eigenvalue weighted by atomic mass is 9.88. The molecule has 7 aliphatic rings. The number of amides is 4. The molecule has 4 amide bonds. The van der Waals surface area contributed by atoms with Gasteiger partial charge in [0.25, 0.3) is 0 Å². The van der Waals surface area contributed by atoms with Crippen molar-refractivity contribution in [3.05, 3.63) is 93.9 Å². The Labute approximate surface area is 492 Å². The van der Waals surface area contributed by atoms with Crippen molar-refractivity contribution in [3.63, 3.8) is 0 Å². The van der Waals surface area contributed by atoms with E-state index in [0.717, 1.165) is 95.9 Å². The maximum absolute atomic E-state index is 17.6. The lowest BCUT2D eigenvalue weighted by Crippen LogP contribution is -2.57. The van der Waals surface area contributed by atoms with E-state index in [1.54, 1.807) is 35.9 Å². The maximum Gasteiger partial charge on any atom is 0.410 e. The van der Waals surface area contributed by atoms with Crippen LogP contribution in [0.4, 0.5) is 24.2 Å². The van der Waals surface area contributed by atoms with E-state index in [0.29, 0.717) is 77.5 Å². The molecule has 0 radical (unpaired) electrons. The molecule has 2 aromatic heterocycles. The predicted octanol–water partition coefficient (Wildman–Crippen LogP) is 9.03. The van der Waals surface area contributed by atoms with Gasteiger partial charge in [-0.2, -0.15) is 9.97 Å². The Bertz CT molecular complexity index is 3750. The Kier molecular flexibility index (Phi) is 14.8. The van der Waals surface area contributed by atoms with Crippen molar-refractivity contribution in [2.24, 2.45) is 13.0 Å². The van der Waals surface area contributed by atoms with Gasteiger partial charge in [0.2, 0.25) is 11.8 Å². The van der Waals surface area contributed by atoms with Crippen LogP contribution in [-0.2, 0) is 26.1 Å². The number of halogens is 2. The quantitative estimate of drug-likeness (QED) is 0.0962. The first-order chi connectivity index (χ1) is 40.9. The van der Waals surface area contributed by atoms with Crippen LogP contribution in [0.3, 0.4) is 0 Å². The first-order valence-electron chi connectivity index (χ1n) is 30.5. The minimum absolute atomic E-state index is 0.00603. The van der Waals surface area contributed by atoms with E-state index >= 15 is 8.78 Å². The molecule has 5 atom stereocenters. The fourth-order valence-electron chi connectivity index (χ4n) is 15.3. The van der Waals surface area contributed by atoms with Crippen molar-refractivity contribution < 1.29 is 42.2 Å². The highest BCUT2D eigenvalue weighted by Crippen LogP contribution is 2.45. The molecule has 1 N–H and O–H groups in total. The Morgan fingerprint density at radius 1 is 0.835 bits per heavy atom. The molecule has 446 valence electrons. The second kappa shape index (κ2) is 22.3. The molecule has 0 saturated carbocycles. The summed E-state index contributed by atoms with van der Waals surface area (Å²) in [4.78, 5) is 85.8. The van der Waals surface area contributed by atoms with Crippen LogP contribution >= 0.6 is 0 Å². The minimum atomic E-state index is -0.711. The van der Waals surface area contributed by atoms with E-state index in [9.17, 15) is 24.0 Å². The number of imidazole rings is 1. The van der Waals surface area contributed by atoms with Crippen molar-refractivity contribution in [1.29, 1.82) is 0 Å². The first-order valence-corrected chi connectivity index (χ1v) is 30.5. The Balaban J connectivity index is 0.643. The van der Waals surface area contributed by atoms with Crippen LogP contribution < -0.4 is 20.6 Å². The molecule has 1 unspecified atom stereocenters. The van der Waals surface area contributed by atoms with Gasteiger partial charge in [0.1, 0.15) is 42.0 Å². The first kappa shape index (κ1) is 56.5. The molecule has 0 spiro atoms. The molecule has 0 aliphatic carbocycles. The number of hydrogen-bond acceptors (Lipinski definition) is 13. The number of rotatable bonds is 11. The number of fused-ring (bicyclic) bond motifs is 6. The number of carbonyl (C=O) groups excluding carboxylic acids is 4. The summed E-state index contributed by atoms with van der Waals surface area (Å²) >= 11 is 0. The zero-order valence-corrected chi connectivity index (χ0v) is 48.9. The van der Waals surface area contributed by atoms with Crippen LogP contribution in [0.5, 0.6) is 6.01 Å². The summed E-state index contributed by atoms with van der Waals surface area (Å²) in [5, 5.41) is 3.98. The standard InChI is InChI=1S/C65H74F2N10O8/c1-6-46-50(66)17-11-41-9-7-10-47(55(41)46)48-15-16-49-57(56(48)67)69-60(70-58(49)74-35-43-13-14-44(36-74)76(43)63(82)85-64(2,3)4)84-38-65-26-8-28-75(65)45(21-27-65)37-83-62(81)73-31-22-39(23-32-73)34-72-29-24-40(25-30-72)42-12-18-51-53(33-42)71(5)61(80)77(51)52-19-20-54(78)68-59(52)79/h1,7,9-12,15-18,33,39-40,43-45,52H,8,13-14,19-32,34-38H2,2-5H3,(H,68,78,79)/t43-,44+,45-,52?,65-/m0/s1. The number of piperidine rings is 3. The maximum atomic E-state index is 17.6. The Morgan fingerprint density at radius 3 is 2.35 bits per heavy atom. The van der Waals surface area contributed by atoms with Crippen LogP contribution in [-0.4, -0.2) is 158 Å². The van der Waals surface area contributed by atoms with Gasteiger partial charge in [-0.3, -0.25) is 33.8 Å². The van der Waals surface area contributed by atoms with Gasteiger partial charge in [0.05, 0.1) is 34.2 Å². The van der Waals surface area contributed by atoms with Crippen LogP contribution in [0.15, 0.2) is 65.5 Å². The topological polar surface area (TPSA) is 177 Å². The Morgan fingerprint density at radius 2 is 1.61 bits per heavy atom. The lowest BCUT2D eigenvalue weighted by Gasteiger charge is -2.42. The highest BCUT2D eigenvalue weighted by Gasteiger charge is 2.51. The summed E-state index contributed by atoms with van der Waals surface area (Å²) in [5.41, 5.74) is 2.16. The number of anilines is 1. The van der Waals surface area contributed by atoms with Crippen molar-refractivity contribution in [2.45, 2.75) is 139 Å². The van der Waals surface area contributed by atoms with Crippen LogP contribution in [0.1, 0.15) is 121 Å². The molecule has 20 heteroatoms. The summed E-state index contributed by atoms with van der Waals surface area (Å²) < 4.78 is 54.5. The number of imide groups is 1. The summed E-state index contributed by atoms with van der Waals surface area (Å²) in [6.07, 6.45) is 14.6. The van der Waals surface area contributed by atoms with Crippen LogP contribution in [0, 0.1) is 29.9 Å². The molecule has 2 bridgehead atoms. The number of carbonyl (C=O) groups is 4. The third-order valence-electron chi connectivity index (χ3n) is 19.6. The highest BCUT2D eigenvalue weighted by atomic mass is 19.1. The van der Waals surface area contributed by atoms with Crippen LogP contribution in [0.25, 0.3) is 43.8 Å². The van der Waals surface area contributed by atoms with Gasteiger partial charge >= 0.3 is 23.9 Å². The molecule has 7 aliphatic heterocycles. The van der Waals surface area contributed by atoms with Gasteiger partial charge in [0.15, 0.2) is 5.82 Å². The summed E-state index contributed by atoms with van der Waals surface area (Å²) in [6.45, 7) is 12.0. The van der Waals surface area contributed by atoms with Crippen LogP contribution in [0.2, 0.25) is 0 Å². The number of aryl methyl sites for hydroxylation is 1. The number of likely N-dealkylation sites (tertiary alicyclic amines) is 2. The fourth-order valence-corrected chi connectivity index (χ4v) is 15.3. The predicted molar refractivity (Wildman–Crippen MR) is 317 cm³/mol. The number of terminal acetylenes is 1. The highest BCUT2D eigenvalue weighted by molar-refractivity contribution is 6.03. The smallest absolute Gasteiger partial charge is 0.410 e. The normalized spacial score (nSPS) is 24.4. The largest absolute Gasteiger partial charge is 0.461 e. The van der Waals surface area contributed by atoms with Gasteiger partial charge in [-0.25, -0.2) is 23.2 Å². The van der Waals surface area contributed by atoms with Crippen molar-refractivity contribution in [3.8, 4) is 29.5 Å². The zero-order valence-electron chi connectivity index (χ0n) is 48.9. The molecule has 7 fully saturated rings. The second-order valence-electron chi connectivity index (χ2n) is 25.8. The van der Waals surface area contributed by atoms with Crippen molar-refractivity contribution >= 4 is 62.5 Å². The number of nitrogens with zero attached hydrogens (tertiary/aromatic N) is 9. The van der Waals surface area contributed by atoms with Crippen molar-refractivity contribution in [1.82, 2.24) is 44.0 Å². The van der Waals surface area contributed by atoms with Gasteiger partial charge < -0.3 is 28.9 Å². The lowest BCUT2D eigenvalue weighted by molar-refractivity contribution is -0.135.